The van der Waals surface area contributed by atoms with Crippen molar-refractivity contribution in [2.24, 2.45) is 11.8 Å². The van der Waals surface area contributed by atoms with Crippen LogP contribution in [0.2, 0.25) is 0 Å². The van der Waals surface area contributed by atoms with Gasteiger partial charge in [-0.1, -0.05) is 33.1 Å². The summed E-state index contributed by atoms with van der Waals surface area (Å²) in [5, 5.41) is 9.11. The van der Waals surface area contributed by atoms with Gasteiger partial charge in [0.25, 0.3) is 0 Å². The first kappa shape index (κ1) is 14.0. The molecular formula is C14H24N2O. The van der Waals surface area contributed by atoms with Gasteiger partial charge >= 0.3 is 0 Å². The molecule has 1 fully saturated rings. The molecule has 0 saturated heterocycles. The van der Waals surface area contributed by atoms with E-state index in [-0.39, 0.29) is 11.8 Å². The third-order valence-corrected chi connectivity index (χ3v) is 3.71. The maximum atomic E-state index is 12.3. The second-order valence-corrected chi connectivity index (χ2v) is 5.27. The van der Waals surface area contributed by atoms with Crippen molar-refractivity contribution in [3.8, 4) is 6.07 Å². The normalized spacial score (nSPS) is 18.8. The molecule has 0 bridgehead atoms. The lowest BCUT2D eigenvalue weighted by molar-refractivity contribution is -0.137. The van der Waals surface area contributed by atoms with Gasteiger partial charge in [-0.15, -0.1) is 0 Å². The molecule has 17 heavy (non-hydrogen) atoms. The lowest BCUT2D eigenvalue weighted by Crippen LogP contribution is -2.45. The molecule has 3 heteroatoms. The molecule has 96 valence electrons. The largest absolute Gasteiger partial charge is 0.339 e. The number of carbonyl (C=O) groups is 1. The van der Waals surface area contributed by atoms with Gasteiger partial charge in [-0.25, -0.2) is 0 Å². The van der Waals surface area contributed by atoms with Crippen LogP contribution in [-0.4, -0.2) is 23.4 Å². The first-order valence-corrected chi connectivity index (χ1v) is 6.81. The lowest BCUT2D eigenvalue weighted by atomic mass is 9.91. The highest BCUT2D eigenvalue weighted by molar-refractivity contribution is 5.81. The van der Waals surface area contributed by atoms with Gasteiger partial charge < -0.3 is 4.90 Å². The zero-order valence-corrected chi connectivity index (χ0v) is 11.3. The molecule has 0 heterocycles. The minimum Gasteiger partial charge on any atom is -0.339 e. The fraction of sp³-hybridized carbons (Fsp3) is 0.857. The molecule has 3 nitrogen and oxygen atoms in total. The molecule has 0 aliphatic heterocycles. The number of amides is 1. The van der Waals surface area contributed by atoms with Crippen molar-refractivity contribution >= 4 is 5.91 Å². The Morgan fingerprint density at radius 1 is 1.35 bits per heavy atom. The Bertz CT molecular complexity index is 287. The average molecular weight is 236 g/mol. The van der Waals surface area contributed by atoms with Crippen LogP contribution in [0.15, 0.2) is 0 Å². The van der Waals surface area contributed by atoms with Crippen LogP contribution in [-0.2, 0) is 4.79 Å². The van der Waals surface area contributed by atoms with E-state index in [2.05, 4.69) is 6.07 Å². The van der Waals surface area contributed by atoms with Crippen molar-refractivity contribution in [1.29, 1.82) is 5.26 Å². The second-order valence-electron chi connectivity index (χ2n) is 5.27. The van der Waals surface area contributed by atoms with E-state index in [1.54, 1.807) is 0 Å². The quantitative estimate of drug-likeness (QED) is 0.753. The van der Waals surface area contributed by atoms with Crippen LogP contribution in [0.3, 0.4) is 0 Å². The first-order chi connectivity index (χ1) is 8.11. The summed E-state index contributed by atoms with van der Waals surface area (Å²) < 4.78 is 0. The van der Waals surface area contributed by atoms with E-state index in [1.807, 2.05) is 25.7 Å². The summed E-state index contributed by atoms with van der Waals surface area (Å²) in [7, 11) is 0. The standard InChI is InChI=1S/C14H24N2O/c1-4-16(12-8-6-5-7-9-12)14(17)13(10-15)11(2)3/h11-13H,4-9H2,1-3H3. The Labute approximate surface area is 105 Å². The van der Waals surface area contributed by atoms with E-state index in [4.69, 9.17) is 5.26 Å². The molecule has 1 aliphatic rings. The van der Waals surface area contributed by atoms with Crippen LogP contribution in [0.5, 0.6) is 0 Å². The Morgan fingerprint density at radius 3 is 2.35 bits per heavy atom. The molecule has 1 amide bonds. The van der Waals surface area contributed by atoms with Crippen LogP contribution in [0, 0.1) is 23.2 Å². The summed E-state index contributed by atoms with van der Waals surface area (Å²) in [6.07, 6.45) is 5.93. The molecule has 1 aliphatic carbocycles. The maximum Gasteiger partial charge on any atom is 0.240 e. The average Bonchev–Trinajstić information content (AvgIpc) is 2.31. The molecular weight excluding hydrogens is 212 g/mol. The number of nitriles is 1. The molecule has 0 aromatic heterocycles. The topological polar surface area (TPSA) is 44.1 Å². The SMILES string of the molecule is CCN(C(=O)C(C#N)C(C)C)C1CCCCC1. The van der Waals surface area contributed by atoms with Crippen molar-refractivity contribution in [2.45, 2.75) is 58.9 Å². The molecule has 0 aromatic carbocycles. The predicted molar refractivity (Wildman–Crippen MR) is 68.2 cm³/mol. The zero-order valence-electron chi connectivity index (χ0n) is 11.3. The van der Waals surface area contributed by atoms with E-state index >= 15 is 0 Å². The lowest BCUT2D eigenvalue weighted by Gasteiger charge is -2.35. The first-order valence-electron chi connectivity index (χ1n) is 6.81. The van der Waals surface area contributed by atoms with E-state index in [0.717, 1.165) is 19.4 Å². The fourth-order valence-electron chi connectivity index (χ4n) is 2.65. The van der Waals surface area contributed by atoms with E-state index in [0.29, 0.717) is 6.04 Å². The van der Waals surface area contributed by atoms with Gasteiger partial charge in [0, 0.05) is 12.6 Å². The highest BCUT2D eigenvalue weighted by Crippen LogP contribution is 2.25. The van der Waals surface area contributed by atoms with Crippen molar-refractivity contribution < 1.29 is 4.79 Å². The van der Waals surface area contributed by atoms with Gasteiger partial charge in [-0.05, 0) is 25.7 Å². The van der Waals surface area contributed by atoms with Gasteiger partial charge in [0.15, 0.2) is 0 Å². The van der Waals surface area contributed by atoms with Crippen LogP contribution in [0.1, 0.15) is 52.9 Å². The molecule has 1 unspecified atom stereocenters. The molecule has 1 saturated carbocycles. The van der Waals surface area contributed by atoms with Crippen LogP contribution < -0.4 is 0 Å². The van der Waals surface area contributed by atoms with Crippen molar-refractivity contribution in [1.82, 2.24) is 4.90 Å². The smallest absolute Gasteiger partial charge is 0.240 e. The van der Waals surface area contributed by atoms with Gasteiger partial charge in [0.1, 0.15) is 5.92 Å². The molecule has 1 rings (SSSR count). The summed E-state index contributed by atoms with van der Waals surface area (Å²) in [5.41, 5.74) is 0. The van der Waals surface area contributed by atoms with Crippen molar-refractivity contribution in [3.63, 3.8) is 0 Å². The summed E-state index contributed by atoms with van der Waals surface area (Å²) >= 11 is 0. The van der Waals surface area contributed by atoms with Crippen LogP contribution in [0.4, 0.5) is 0 Å². The van der Waals surface area contributed by atoms with E-state index in [1.165, 1.54) is 19.3 Å². The summed E-state index contributed by atoms with van der Waals surface area (Å²) in [6.45, 7) is 6.64. The molecule has 0 spiro atoms. The van der Waals surface area contributed by atoms with Crippen LogP contribution >= 0.6 is 0 Å². The molecule has 0 N–H and O–H groups in total. The van der Waals surface area contributed by atoms with Gasteiger partial charge in [0.05, 0.1) is 6.07 Å². The Morgan fingerprint density at radius 2 is 1.94 bits per heavy atom. The molecule has 1 atom stereocenters. The fourth-order valence-corrected chi connectivity index (χ4v) is 2.65. The zero-order chi connectivity index (χ0) is 12.8. The van der Waals surface area contributed by atoms with Gasteiger partial charge in [-0.2, -0.15) is 5.26 Å². The van der Waals surface area contributed by atoms with Gasteiger partial charge in [-0.3, -0.25) is 4.79 Å². The predicted octanol–water partition coefficient (Wildman–Crippen LogP) is 2.96. The summed E-state index contributed by atoms with van der Waals surface area (Å²) in [6, 6.07) is 2.54. The Kier molecular flexibility index (Phi) is 5.47. The summed E-state index contributed by atoms with van der Waals surface area (Å²) in [5.74, 6) is -0.334. The Balaban J connectivity index is 2.72. The van der Waals surface area contributed by atoms with Gasteiger partial charge in [0.2, 0.25) is 5.91 Å². The molecule has 0 radical (unpaired) electrons. The monoisotopic (exact) mass is 236 g/mol. The highest BCUT2D eigenvalue weighted by Gasteiger charge is 2.31. The second kappa shape index (κ2) is 6.64. The summed E-state index contributed by atoms with van der Waals surface area (Å²) in [4.78, 5) is 14.3. The number of hydrogen-bond donors (Lipinski definition) is 0. The van der Waals surface area contributed by atoms with Crippen LogP contribution in [0.25, 0.3) is 0 Å². The Hall–Kier alpha value is -1.04. The minimum absolute atomic E-state index is 0.0388. The van der Waals surface area contributed by atoms with Crippen molar-refractivity contribution in [2.75, 3.05) is 6.54 Å². The third-order valence-electron chi connectivity index (χ3n) is 3.71. The number of carbonyl (C=O) groups excluding carboxylic acids is 1. The number of hydrogen-bond acceptors (Lipinski definition) is 2. The van der Waals surface area contributed by atoms with E-state index < -0.39 is 5.92 Å². The number of nitrogens with zero attached hydrogens (tertiary/aromatic N) is 2. The third kappa shape index (κ3) is 3.46. The maximum absolute atomic E-state index is 12.3. The van der Waals surface area contributed by atoms with E-state index in [9.17, 15) is 4.79 Å². The number of rotatable bonds is 4. The highest BCUT2D eigenvalue weighted by atomic mass is 16.2. The molecule has 0 aromatic rings. The van der Waals surface area contributed by atoms with Crippen molar-refractivity contribution in [3.05, 3.63) is 0 Å². The minimum atomic E-state index is -0.475.